The van der Waals surface area contributed by atoms with Crippen molar-refractivity contribution in [2.24, 2.45) is 0 Å². The lowest BCUT2D eigenvalue weighted by atomic mass is 10.2. The zero-order valence-electron chi connectivity index (χ0n) is 14.6. The van der Waals surface area contributed by atoms with Crippen LogP contribution in [0.5, 0.6) is 0 Å². The van der Waals surface area contributed by atoms with Crippen LogP contribution in [0.3, 0.4) is 0 Å². The molecular formula is C18H29N3O. The quantitative estimate of drug-likeness (QED) is 0.691. The number of likely N-dealkylation sites (N-methyl/N-ethyl adjacent to an activating group) is 2. The van der Waals surface area contributed by atoms with Crippen LogP contribution in [0.1, 0.15) is 19.4 Å². The molecule has 0 radical (unpaired) electrons. The first-order valence-corrected chi connectivity index (χ1v) is 7.70. The Morgan fingerprint density at radius 2 is 1.68 bits per heavy atom. The van der Waals surface area contributed by atoms with Crippen LogP contribution in [0.4, 0.5) is 5.69 Å². The first-order chi connectivity index (χ1) is 10.3. The van der Waals surface area contributed by atoms with Gasteiger partial charge < -0.3 is 9.80 Å². The molecule has 0 aliphatic carbocycles. The molecule has 0 aliphatic rings. The van der Waals surface area contributed by atoms with Crippen molar-refractivity contribution in [1.82, 2.24) is 9.80 Å². The van der Waals surface area contributed by atoms with E-state index in [4.69, 9.17) is 0 Å². The molecule has 1 rings (SSSR count). The van der Waals surface area contributed by atoms with Gasteiger partial charge in [-0.3, -0.25) is 9.69 Å². The van der Waals surface area contributed by atoms with E-state index in [9.17, 15) is 4.79 Å². The summed E-state index contributed by atoms with van der Waals surface area (Å²) in [5, 5.41) is 0. The van der Waals surface area contributed by atoms with Crippen LogP contribution in [-0.4, -0.2) is 56.5 Å². The standard InChI is InChI=1S/C18H29N3O/c1-7-21(12-15(2)3)14-18(22)20(6)13-16-8-10-17(11-9-16)19(4)5/h8-11H,2,7,12-14H2,1,3-6H3. The molecule has 1 aromatic carbocycles. The van der Waals surface area contributed by atoms with Gasteiger partial charge in [0, 0.05) is 39.9 Å². The lowest BCUT2D eigenvalue weighted by molar-refractivity contribution is -0.131. The second-order valence-electron chi connectivity index (χ2n) is 6.07. The van der Waals surface area contributed by atoms with Gasteiger partial charge >= 0.3 is 0 Å². The zero-order chi connectivity index (χ0) is 16.7. The second kappa shape index (κ2) is 8.59. The van der Waals surface area contributed by atoms with Gasteiger partial charge in [-0.05, 0) is 31.2 Å². The fourth-order valence-corrected chi connectivity index (χ4v) is 2.23. The first-order valence-electron chi connectivity index (χ1n) is 7.70. The van der Waals surface area contributed by atoms with Gasteiger partial charge in [0.2, 0.25) is 5.91 Å². The van der Waals surface area contributed by atoms with Gasteiger partial charge in [-0.2, -0.15) is 0 Å². The maximum atomic E-state index is 12.3. The van der Waals surface area contributed by atoms with Crippen LogP contribution in [0.15, 0.2) is 36.4 Å². The average Bonchev–Trinajstić information content (AvgIpc) is 2.46. The van der Waals surface area contributed by atoms with Crippen molar-refractivity contribution in [2.45, 2.75) is 20.4 Å². The SMILES string of the molecule is C=C(C)CN(CC)CC(=O)N(C)Cc1ccc(N(C)C)cc1. The van der Waals surface area contributed by atoms with E-state index >= 15 is 0 Å². The Morgan fingerprint density at radius 3 is 2.14 bits per heavy atom. The van der Waals surface area contributed by atoms with Crippen molar-refractivity contribution in [3.63, 3.8) is 0 Å². The normalized spacial score (nSPS) is 10.6. The summed E-state index contributed by atoms with van der Waals surface area (Å²) in [4.78, 5) is 18.3. The van der Waals surface area contributed by atoms with Crippen molar-refractivity contribution in [3.05, 3.63) is 42.0 Å². The summed E-state index contributed by atoms with van der Waals surface area (Å²) in [6.45, 7) is 10.7. The predicted molar refractivity (Wildman–Crippen MR) is 94.2 cm³/mol. The Morgan fingerprint density at radius 1 is 1.09 bits per heavy atom. The summed E-state index contributed by atoms with van der Waals surface area (Å²) in [5.41, 5.74) is 3.39. The number of rotatable bonds is 8. The van der Waals surface area contributed by atoms with E-state index in [2.05, 4.69) is 47.6 Å². The van der Waals surface area contributed by atoms with E-state index < -0.39 is 0 Å². The number of carbonyl (C=O) groups excluding carboxylic acids is 1. The predicted octanol–water partition coefficient (Wildman–Crippen LogP) is 2.61. The van der Waals surface area contributed by atoms with Crippen molar-refractivity contribution in [1.29, 1.82) is 0 Å². The number of carbonyl (C=O) groups is 1. The summed E-state index contributed by atoms with van der Waals surface area (Å²) in [5.74, 6) is 0.139. The molecule has 0 aromatic heterocycles. The molecule has 1 amide bonds. The Labute approximate surface area is 135 Å². The fraction of sp³-hybridized carbons (Fsp3) is 0.500. The van der Waals surface area contributed by atoms with Crippen LogP contribution in [0.2, 0.25) is 0 Å². The molecule has 4 heteroatoms. The molecule has 4 nitrogen and oxygen atoms in total. The fourth-order valence-electron chi connectivity index (χ4n) is 2.23. The highest BCUT2D eigenvalue weighted by atomic mass is 16.2. The Balaban J connectivity index is 2.57. The minimum absolute atomic E-state index is 0.139. The second-order valence-corrected chi connectivity index (χ2v) is 6.07. The topological polar surface area (TPSA) is 26.8 Å². The maximum absolute atomic E-state index is 12.3. The molecule has 0 unspecified atom stereocenters. The van der Waals surface area contributed by atoms with Crippen LogP contribution < -0.4 is 4.90 Å². The third-order valence-electron chi connectivity index (χ3n) is 3.60. The smallest absolute Gasteiger partial charge is 0.236 e. The summed E-state index contributed by atoms with van der Waals surface area (Å²) < 4.78 is 0. The Kier molecular flexibility index (Phi) is 7.12. The summed E-state index contributed by atoms with van der Waals surface area (Å²) in [7, 11) is 5.90. The number of anilines is 1. The summed E-state index contributed by atoms with van der Waals surface area (Å²) >= 11 is 0. The van der Waals surface area contributed by atoms with Crippen LogP contribution in [0, 0.1) is 0 Å². The molecule has 0 heterocycles. The molecule has 0 saturated carbocycles. The molecule has 22 heavy (non-hydrogen) atoms. The van der Waals surface area contributed by atoms with Gasteiger partial charge in [-0.15, -0.1) is 0 Å². The van der Waals surface area contributed by atoms with Gasteiger partial charge in [0.15, 0.2) is 0 Å². The highest BCUT2D eigenvalue weighted by molar-refractivity contribution is 5.78. The number of hydrogen-bond acceptors (Lipinski definition) is 3. The van der Waals surface area contributed by atoms with Crippen molar-refractivity contribution >= 4 is 11.6 Å². The van der Waals surface area contributed by atoms with E-state index in [0.717, 1.165) is 29.9 Å². The molecule has 0 bridgehead atoms. The highest BCUT2D eigenvalue weighted by Gasteiger charge is 2.13. The van der Waals surface area contributed by atoms with E-state index in [-0.39, 0.29) is 5.91 Å². The van der Waals surface area contributed by atoms with Gasteiger partial charge in [-0.1, -0.05) is 31.2 Å². The molecule has 122 valence electrons. The van der Waals surface area contributed by atoms with Crippen LogP contribution >= 0.6 is 0 Å². The average molecular weight is 303 g/mol. The first kappa shape index (κ1) is 18.2. The molecule has 0 saturated heterocycles. The summed E-state index contributed by atoms with van der Waals surface area (Å²) in [6, 6.07) is 8.30. The largest absolute Gasteiger partial charge is 0.378 e. The lowest BCUT2D eigenvalue weighted by Crippen LogP contribution is -2.38. The molecule has 0 aliphatic heterocycles. The molecule has 0 atom stereocenters. The van der Waals surface area contributed by atoms with E-state index in [1.54, 1.807) is 4.90 Å². The van der Waals surface area contributed by atoms with E-state index in [1.165, 1.54) is 0 Å². The van der Waals surface area contributed by atoms with E-state index in [0.29, 0.717) is 13.1 Å². The minimum atomic E-state index is 0.139. The van der Waals surface area contributed by atoms with Crippen molar-refractivity contribution < 1.29 is 4.79 Å². The molecular weight excluding hydrogens is 274 g/mol. The summed E-state index contributed by atoms with van der Waals surface area (Å²) in [6.07, 6.45) is 0. The van der Waals surface area contributed by atoms with Gasteiger partial charge in [0.05, 0.1) is 6.54 Å². The third-order valence-corrected chi connectivity index (χ3v) is 3.60. The van der Waals surface area contributed by atoms with E-state index in [1.807, 2.05) is 28.1 Å². The monoisotopic (exact) mass is 303 g/mol. The molecule has 0 fully saturated rings. The van der Waals surface area contributed by atoms with Crippen LogP contribution in [-0.2, 0) is 11.3 Å². The Hall–Kier alpha value is -1.81. The van der Waals surface area contributed by atoms with Crippen LogP contribution in [0.25, 0.3) is 0 Å². The molecule has 0 N–H and O–H groups in total. The van der Waals surface area contributed by atoms with Gasteiger partial charge in [-0.25, -0.2) is 0 Å². The Bertz CT molecular complexity index is 494. The number of nitrogens with zero attached hydrogens (tertiary/aromatic N) is 3. The number of benzene rings is 1. The molecule has 1 aromatic rings. The number of hydrogen-bond donors (Lipinski definition) is 0. The van der Waals surface area contributed by atoms with Gasteiger partial charge in [0.1, 0.15) is 0 Å². The lowest BCUT2D eigenvalue weighted by Gasteiger charge is -2.24. The zero-order valence-corrected chi connectivity index (χ0v) is 14.6. The highest BCUT2D eigenvalue weighted by Crippen LogP contribution is 2.13. The third kappa shape index (κ3) is 5.90. The molecule has 0 spiro atoms. The van der Waals surface area contributed by atoms with Crippen molar-refractivity contribution in [3.8, 4) is 0 Å². The van der Waals surface area contributed by atoms with Gasteiger partial charge in [0.25, 0.3) is 0 Å². The maximum Gasteiger partial charge on any atom is 0.236 e. The number of amides is 1. The minimum Gasteiger partial charge on any atom is -0.378 e. The van der Waals surface area contributed by atoms with Crippen molar-refractivity contribution in [2.75, 3.05) is 45.7 Å².